The molecule has 1 unspecified atom stereocenters. The van der Waals surface area contributed by atoms with Gasteiger partial charge in [0, 0.05) is 35.9 Å². The second kappa shape index (κ2) is 7.05. The second-order valence-electron chi connectivity index (χ2n) is 7.62. The summed E-state index contributed by atoms with van der Waals surface area (Å²) in [6.45, 7) is 5.99. The summed E-state index contributed by atoms with van der Waals surface area (Å²) in [7, 11) is -4.58. The van der Waals surface area contributed by atoms with E-state index in [-0.39, 0.29) is 4.90 Å². The molecule has 32 heavy (non-hydrogen) atoms. The number of rotatable bonds is 1. The molecular weight excluding hydrogens is 422 g/mol. The Labute approximate surface area is 187 Å². The van der Waals surface area contributed by atoms with Crippen molar-refractivity contribution in [2.75, 3.05) is 0 Å². The molecule has 5 heterocycles. The van der Waals surface area contributed by atoms with Crippen LogP contribution in [0.2, 0.25) is 0 Å². The molecule has 2 aliphatic rings. The highest BCUT2D eigenvalue weighted by molar-refractivity contribution is 7.85. The molecule has 6 rings (SSSR count). The molecule has 0 radical (unpaired) electrons. The fraction of sp³-hybridized carbons (Fsp3) is 0.160. The van der Waals surface area contributed by atoms with Crippen LogP contribution in [0.4, 0.5) is 0 Å². The van der Waals surface area contributed by atoms with Gasteiger partial charge in [0.2, 0.25) is 5.69 Å². The van der Waals surface area contributed by atoms with Gasteiger partial charge in [0.1, 0.15) is 10.1 Å². The van der Waals surface area contributed by atoms with Crippen LogP contribution in [0.5, 0.6) is 0 Å². The number of aryl methyl sites for hydroxylation is 1. The van der Waals surface area contributed by atoms with E-state index in [9.17, 15) is 13.0 Å². The van der Waals surface area contributed by atoms with Gasteiger partial charge in [-0.05, 0) is 31.2 Å². The van der Waals surface area contributed by atoms with Crippen molar-refractivity contribution in [3.05, 3.63) is 96.4 Å². The van der Waals surface area contributed by atoms with Crippen LogP contribution in [-0.2, 0) is 15.9 Å². The molecule has 0 fully saturated rings. The molecule has 0 N–H and O–H groups in total. The minimum Gasteiger partial charge on any atom is -0.744 e. The van der Waals surface area contributed by atoms with Crippen LogP contribution < -0.4 is 13.7 Å². The Hall–Kier alpha value is -3.42. The van der Waals surface area contributed by atoms with Crippen LogP contribution in [0.15, 0.2) is 90.2 Å². The van der Waals surface area contributed by atoms with Gasteiger partial charge in [-0.15, -0.1) is 0 Å². The van der Waals surface area contributed by atoms with E-state index in [0.717, 1.165) is 28.1 Å². The largest absolute Gasteiger partial charge is 0.744 e. The SMILES string of the molecule is CC.Cc1ccc[n+]2c1-c1cc(S(=O)(=O)[O-])cc[n+]1C21c2ccccc2-c2cccc[n+]21. The van der Waals surface area contributed by atoms with Crippen LogP contribution in [0, 0.1) is 6.92 Å². The summed E-state index contributed by atoms with van der Waals surface area (Å²) in [5.41, 5.74) is 5.81. The van der Waals surface area contributed by atoms with Gasteiger partial charge < -0.3 is 4.55 Å². The van der Waals surface area contributed by atoms with Gasteiger partial charge in [0.25, 0.3) is 11.4 Å². The van der Waals surface area contributed by atoms with Crippen molar-refractivity contribution in [1.82, 2.24) is 0 Å². The first-order valence-electron chi connectivity index (χ1n) is 10.6. The molecule has 0 saturated heterocycles. The smallest absolute Gasteiger partial charge is 0.591 e. The predicted molar refractivity (Wildman–Crippen MR) is 116 cm³/mol. The maximum Gasteiger partial charge on any atom is 0.591 e. The number of pyridine rings is 3. The van der Waals surface area contributed by atoms with Crippen molar-refractivity contribution in [2.45, 2.75) is 31.5 Å². The van der Waals surface area contributed by atoms with E-state index in [1.165, 1.54) is 12.1 Å². The highest BCUT2D eigenvalue weighted by Gasteiger charge is 2.74. The number of fused-ring (bicyclic) bond motifs is 10. The molecule has 1 atom stereocenters. The lowest BCUT2D eigenvalue weighted by Gasteiger charge is -2.11. The number of benzene rings is 1. The number of nitrogens with zero attached hydrogens (tertiary/aromatic N) is 3. The Bertz CT molecular complexity index is 1450. The Morgan fingerprint density at radius 3 is 2.25 bits per heavy atom. The lowest BCUT2D eigenvalue weighted by molar-refractivity contribution is -1.13. The topological polar surface area (TPSA) is 68.8 Å². The first-order valence-corrected chi connectivity index (χ1v) is 12.0. The fourth-order valence-electron chi connectivity index (χ4n) is 4.96. The summed E-state index contributed by atoms with van der Waals surface area (Å²) in [5, 5.41) is 0. The van der Waals surface area contributed by atoms with Crippen LogP contribution in [0.1, 0.15) is 25.0 Å². The molecule has 1 spiro atoms. The Morgan fingerprint density at radius 2 is 1.47 bits per heavy atom. The minimum absolute atomic E-state index is 0.231. The molecule has 7 heteroatoms. The average Bonchev–Trinajstić information content (AvgIpc) is 3.27. The van der Waals surface area contributed by atoms with Crippen LogP contribution >= 0.6 is 0 Å². The summed E-state index contributed by atoms with van der Waals surface area (Å²) in [6, 6.07) is 21.2. The van der Waals surface area contributed by atoms with Crippen molar-refractivity contribution in [1.29, 1.82) is 0 Å². The fourth-order valence-corrected chi connectivity index (χ4v) is 5.45. The maximum absolute atomic E-state index is 11.8. The highest BCUT2D eigenvalue weighted by Crippen LogP contribution is 2.38. The molecule has 6 nitrogen and oxygen atoms in total. The highest BCUT2D eigenvalue weighted by atomic mass is 32.2. The molecule has 0 aliphatic carbocycles. The third-order valence-corrected chi connectivity index (χ3v) is 6.92. The van der Waals surface area contributed by atoms with E-state index in [1.807, 2.05) is 69.6 Å². The molecule has 0 bridgehead atoms. The van der Waals surface area contributed by atoms with E-state index in [4.69, 9.17) is 0 Å². The normalized spacial score (nSPS) is 17.1. The van der Waals surface area contributed by atoms with Crippen molar-refractivity contribution in [3.63, 3.8) is 0 Å². The molecule has 0 amide bonds. The standard InChI is InChI=1S/C23H17N3O3S.C2H6/c1-16-7-6-13-26-22(16)21-15-17(30(27,28)29)11-14-25(21)23(26)19-9-3-2-8-18(19)20-10-4-5-12-24(20)23;1-2/h2-15H,1H3;1-2H3/q+2;. The van der Waals surface area contributed by atoms with E-state index < -0.39 is 15.9 Å². The van der Waals surface area contributed by atoms with Crippen LogP contribution in [0.25, 0.3) is 22.6 Å². The lowest BCUT2D eigenvalue weighted by Crippen LogP contribution is -2.83. The molecular formula is C25H23N3O3S+2. The third kappa shape index (κ3) is 2.49. The molecule has 0 saturated carbocycles. The summed E-state index contributed by atoms with van der Waals surface area (Å²) in [4.78, 5) is -0.231. The van der Waals surface area contributed by atoms with Gasteiger partial charge in [-0.3, -0.25) is 0 Å². The molecule has 1 aromatic carbocycles. The third-order valence-electron chi connectivity index (χ3n) is 6.09. The van der Waals surface area contributed by atoms with Gasteiger partial charge in [-0.2, -0.15) is 0 Å². The van der Waals surface area contributed by atoms with Crippen LogP contribution in [0.3, 0.4) is 0 Å². The van der Waals surface area contributed by atoms with Crippen molar-refractivity contribution in [2.24, 2.45) is 0 Å². The van der Waals surface area contributed by atoms with Crippen molar-refractivity contribution < 1.29 is 26.7 Å². The minimum atomic E-state index is -4.58. The van der Waals surface area contributed by atoms with Gasteiger partial charge in [-0.25, -0.2) is 8.42 Å². The average molecular weight is 446 g/mol. The first kappa shape index (κ1) is 20.5. The Balaban J connectivity index is 0.00000105. The summed E-state index contributed by atoms with van der Waals surface area (Å²) in [6.07, 6.45) is 5.75. The van der Waals surface area contributed by atoms with Crippen molar-refractivity contribution >= 4 is 10.1 Å². The summed E-state index contributed by atoms with van der Waals surface area (Å²) >= 11 is 0. The Kier molecular flexibility index (Phi) is 4.51. The summed E-state index contributed by atoms with van der Waals surface area (Å²) in [5.74, 6) is -0.769. The first-order chi connectivity index (χ1) is 15.4. The lowest BCUT2D eigenvalue weighted by atomic mass is 10.0. The maximum atomic E-state index is 11.8. The van der Waals surface area contributed by atoms with E-state index in [0.29, 0.717) is 5.69 Å². The van der Waals surface area contributed by atoms with E-state index in [1.54, 1.807) is 6.20 Å². The monoisotopic (exact) mass is 445 g/mol. The number of aromatic nitrogens is 3. The molecule has 3 aromatic heterocycles. The zero-order valence-electron chi connectivity index (χ0n) is 18.1. The zero-order chi connectivity index (χ0) is 22.7. The van der Waals surface area contributed by atoms with E-state index >= 15 is 0 Å². The zero-order valence-corrected chi connectivity index (χ0v) is 18.9. The number of hydrogen-bond acceptors (Lipinski definition) is 3. The van der Waals surface area contributed by atoms with Gasteiger partial charge in [0.15, 0.2) is 24.2 Å². The van der Waals surface area contributed by atoms with Crippen molar-refractivity contribution in [3.8, 4) is 22.6 Å². The Morgan fingerprint density at radius 1 is 0.781 bits per heavy atom. The number of hydrogen-bond donors (Lipinski definition) is 0. The van der Waals surface area contributed by atoms with E-state index in [2.05, 4.69) is 31.9 Å². The van der Waals surface area contributed by atoms with Gasteiger partial charge >= 0.3 is 5.79 Å². The predicted octanol–water partition coefficient (Wildman–Crippen LogP) is 2.50. The summed E-state index contributed by atoms with van der Waals surface area (Å²) < 4.78 is 41.7. The van der Waals surface area contributed by atoms with Gasteiger partial charge in [-0.1, -0.05) is 39.7 Å². The molecule has 4 aromatic rings. The molecule has 160 valence electrons. The quantitative estimate of drug-likeness (QED) is 0.288. The van der Waals surface area contributed by atoms with Crippen LogP contribution in [-0.4, -0.2) is 13.0 Å². The molecule has 2 aliphatic heterocycles. The second-order valence-corrected chi connectivity index (χ2v) is 9.00. The van der Waals surface area contributed by atoms with Gasteiger partial charge in [0.05, 0.1) is 10.5 Å².